The Morgan fingerprint density at radius 1 is 1.37 bits per heavy atom. The van der Waals surface area contributed by atoms with Gasteiger partial charge in [-0.05, 0) is 24.0 Å². The van der Waals surface area contributed by atoms with E-state index in [9.17, 15) is 4.79 Å². The molecule has 1 fully saturated rings. The lowest BCUT2D eigenvalue weighted by atomic mass is 10.0. The van der Waals surface area contributed by atoms with E-state index in [1.54, 1.807) is 4.90 Å². The van der Waals surface area contributed by atoms with Crippen LogP contribution in [-0.4, -0.2) is 19.2 Å². The van der Waals surface area contributed by atoms with Crippen LogP contribution in [0.25, 0.3) is 0 Å². The fourth-order valence-corrected chi connectivity index (χ4v) is 2.42. The predicted molar refractivity (Wildman–Crippen MR) is 73.0 cm³/mol. The van der Waals surface area contributed by atoms with Crippen LogP contribution in [0.15, 0.2) is 18.2 Å². The highest BCUT2D eigenvalue weighted by atomic mass is 16.6. The van der Waals surface area contributed by atoms with Crippen molar-refractivity contribution in [1.29, 1.82) is 5.26 Å². The number of para-hydroxylation sites is 1. The third kappa shape index (κ3) is 2.55. The van der Waals surface area contributed by atoms with Crippen molar-refractivity contribution in [2.24, 2.45) is 5.92 Å². The number of rotatable bonds is 3. The maximum Gasteiger partial charge on any atom is 0.414 e. The average Bonchev–Trinajstić information content (AvgIpc) is 2.47. The molecule has 1 aliphatic rings. The van der Waals surface area contributed by atoms with Crippen molar-refractivity contribution in [1.82, 2.24) is 0 Å². The molecule has 0 radical (unpaired) electrons. The van der Waals surface area contributed by atoms with Crippen molar-refractivity contribution in [3.63, 3.8) is 0 Å². The molecule has 1 amide bonds. The van der Waals surface area contributed by atoms with Gasteiger partial charge in [-0.25, -0.2) is 4.79 Å². The van der Waals surface area contributed by atoms with Crippen LogP contribution in [0.2, 0.25) is 0 Å². The van der Waals surface area contributed by atoms with Crippen molar-refractivity contribution in [3.8, 4) is 6.07 Å². The molecular formula is C15H18N2O2. The minimum atomic E-state index is -0.345. The van der Waals surface area contributed by atoms with Crippen molar-refractivity contribution in [2.75, 3.05) is 18.1 Å². The Morgan fingerprint density at radius 2 is 2.00 bits per heavy atom. The summed E-state index contributed by atoms with van der Waals surface area (Å²) in [6.07, 6.45) is 1.36. The average molecular weight is 258 g/mol. The van der Waals surface area contributed by atoms with Gasteiger partial charge in [0.25, 0.3) is 0 Å². The van der Waals surface area contributed by atoms with E-state index in [-0.39, 0.29) is 18.6 Å². The minimum Gasteiger partial charge on any atom is -0.448 e. The molecule has 1 aliphatic heterocycles. The van der Waals surface area contributed by atoms with Crippen LogP contribution in [0, 0.1) is 17.2 Å². The van der Waals surface area contributed by atoms with Gasteiger partial charge in [-0.2, -0.15) is 5.26 Å². The number of carbonyl (C=O) groups excluding carboxylic acids is 1. The molecule has 2 rings (SSSR count). The fraction of sp³-hybridized carbons (Fsp3) is 0.467. The highest BCUT2D eigenvalue weighted by Gasteiger charge is 2.30. The minimum absolute atomic E-state index is 0.196. The maximum absolute atomic E-state index is 12.0. The second-order valence-corrected chi connectivity index (χ2v) is 4.65. The number of ether oxygens (including phenoxy) is 1. The number of benzene rings is 1. The topological polar surface area (TPSA) is 53.3 Å². The maximum atomic E-state index is 12.0. The quantitative estimate of drug-likeness (QED) is 0.837. The Hall–Kier alpha value is -2.02. The molecule has 1 saturated heterocycles. The number of carbonyl (C=O) groups is 1. The molecule has 1 aromatic rings. The third-order valence-electron chi connectivity index (χ3n) is 3.45. The normalized spacial score (nSPS) is 18.9. The molecule has 1 heterocycles. The summed E-state index contributed by atoms with van der Waals surface area (Å²) in [7, 11) is 0. The number of nitriles is 1. The molecule has 1 unspecified atom stereocenters. The van der Waals surface area contributed by atoms with Crippen molar-refractivity contribution >= 4 is 11.8 Å². The Balaban J connectivity index is 2.44. The standard InChI is InChI=1S/C15H18N2O2/c1-3-12-6-5-7-13(4-2)14(12)17-9-11(8-16)10-19-15(17)18/h5-7,11H,3-4,9-10H2,1-2H3. The van der Waals surface area contributed by atoms with Crippen molar-refractivity contribution < 1.29 is 9.53 Å². The summed E-state index contributed by atoms with van der Waals surface area (Å²) in [5.74, 6) is -0.257. The van der Waals surface area contributed by atoms with Gasteiger partial charge in [0.15, 0.2) is 0 Å². The van der Waals surface area contributed by atoms with Gasteiger partial charge < -0.3 is 4.74 Å². The number of nitrogens with zero attached hydrogens (tertiary/aromatic N) is 2. The Kier molecular flexibility index (Phi) is 4.06. The monoisotopic (exact) mass is 258 g/mol. The first kappa shape index (κ1) is 13.4. The fourth-order valence-electron chi connectivity index (χ4n) is 2.42. The van der Waals surface area contributed by atoms with E-state index in [0.717, 1.165) is 29.7 Å². The van der Waals surface area contributed by atoms with E-state index in [4.69, 9.17) is 10.00 Å². The first-order chi connectivity index (χ1) is 9.21. The highest BCUT2D eigenvalue weighted by molar-refractivity contribution is 5.90. The van der Waals surface area contributed by atoms with Crippen LogP contribution >= 0.6 is 0 Å². The first-order valence-electron chi connectivity index (χ1n) is 6.65. The van der Waals surface area contributed by atoms with Crippen LogP contribution in [0.4, 0.5) is 10.5 Å². The molecular weight excluding hydrogens is 240 g/mol. The van der Waals surface area contributed by atoms with E-state index < -0.39 is 0 Å². The second kappa shape index (κ2) is 5.75. The summed E-state index contributed by atoms with van der Waals surface area (Å²) < 4.78 is 5.11. The van der Waals surface area contributed by atoms with E-state index in [1.807, 2.05) is 18.2 Å². The van der Waals surface area contributed by atoms with E-state index >= 15 is 0 Å². The Labute approximate surface area is 113 Å². The van der Waals surface area contributed by atoms with Gasteiger partial charge in [0.1, 0.15) is 6.61 Å². The zero-order chi connectivity index (χ0) is 13.8. The number of amides is 1. The van der Waals surface area contributed by atoms with Gasteiger partial charge in [-0.3, -0.25) is 4.90 Å². The largest absolute Gasteiger partial charge is 0.448 e. The molecule has 0 saturated carbocycles. The van der Waals surface area contributed by atoms with Crippen molar-refractivity contribution in [3.05, 3.63) is 29.3 Å². The molecule has 0 aliphatic carbocycles. The summed E-state index contributed by atoms with van der Waals surface area (Å²) in [4.78, 5) is 13.6. The zero-order valence-electron chi connectivity index (χ0n) is 11.3. The molecule has 0 bridgehead atoms. The van der Waals surface area contributed by atoms with Crippen LogP contribution in [0.1, 0.15) is 25.0 Å². The molecule has 1 atom stereocenters. The summed E-state index contributed by atoms with van der Waals surface area (Å²) in [6.45, 7) is 4.74. The van der Waals surface area contributed by atoms with E-state index in [1.165, 1.54) is 0 Å². The van der Waals surface area contributed by atoms with Gasteiger partial charge in [-0.15, -0.1) is 0 Å². The lowest BCUT2D eigenvalue weighted by Gasteiger charge is -2.32. The number of hydrogen-bond acceptors (Lipinski definition) is 3. The predicted octanol–water partition coefficient (Wildman–Crippen LogP) is 2.91. The third-order valence-corrected chi connectivity index (χ3v) is 3.45. The van der Waals surface area contributed by atoms with Gasteiger partial charge in [0, 0.05) is 6.54 Å². The number of hydrogen-bond donors (Lipinski definition) is 0. The summed E-state index contributed by atoms with van der Waals surface area (Å²) in [6, 6.07) is 8.24. The molecule has 0 N–H and O–H groups in total. The molecule has 4 nitrogen and oxygen atoms in total. The lowest BCUT2D eigenvalue weighted by Crippen LogP contribution is -2.43. The molecule has 1 aromatic carbocycles. The molecule has 19 heavy (non-hydrogen) atoms. The van der Waals surface area contributed by atoms with E-state index in [0.29, 0.717) is 6.54 Å². The van der Waals surface area contributed by atoms with Gasteiger partial charge >= 0.3 is 6.09 Å². The summed E-state index contributed by atoms with van der Waals surface area (Å²) in [5, 5.41) is 9.03. The van der Waals surface area contributed by atoms with Crippen LogP contribution in [0.5, 0.6) is 0 Å². The Bertz CT molecular complexity index is 497. The highest BCUT2D eigenvalue weighted by Crippen LogP contribution is 2.30. The smallest absolute Gasteiger partial charge is 0.414 e. The number of cyclic esters (lactones) is 1. The van der Waals surface area contributed by atoms with Gasteiger partial charge in [0.2, 0.25) is 0 Å². The van der Waals surface area contributed by atoms with Gasteiger partial charge in [-0.1, -0.05) is 32.0 Å². The van der Waals surface area contributed by atoms with E-state index in [2.05, 4.69) is 19.9 Å². The molecule has 0 spiro atoms. The lowest BCUT2D eigenvalue weighted by molar-refractivity contribution is 0.127. The summed E-state index contributed by atoms with van der Waals surface area (Å²) in [5.41, 5.74) is 3.17. The first-order valence-corrected chi connectivity index (χ1v) is 6.65. The molecule has 4 heteroatoms. The van der Waals surface area contributed by atoms with Crippen LogP contribution in [0.3, 0.4) is 0 Å². The second-order valence-electron chi connectivity index (χ2n) is 4.65. The number of anilines is 1. The molecule has 0 aromatic heterocycles. The summed E-state index contributed by atoms with van der Waals surface area (Å²) >= 11 is 0. The Morgan fingerprint density at radius 3 is 2.53 bits per heavy atom. The SMILES string of the molecule is CCc1cccc(CC)c1N1CC(C#N)COC1=O. The molecule has 100 valence electrons. The van der Waals surface area contributed by atoms with Crippen LogP contribution in [-0.2, 0) is 17.6 Å². The van der Waals surface area contributed by atoms with Crippen molar-refractivity contribution in [2.45, 2.75) is 26.7 Å². The van der Waals surface area contributed by atoms with Crippen LogP contribution < -0.4 is 4.90 Å². The van der Waals surface area contributed by atoms with Gasteiger partial charge in [0.05, 0.1) is 17.7 Å². The zero-order valence-corrected chi connectivity index (χ0v) is 11.3. The number of aryl methyl sites for hydroxylation is 2.